The number of para-hydroxylation sites is 1. The Bertz CT molecular complexity index is 354. The van der Waals surface area contributed by atoms with Gasteiger partial charge in [-0.3, -0.25) is 4.79 Å². The Morgan fingerprint density at radius 2 is 2.05 bits per heavy atom. The summed E-state index contributed by atoms with van der Waals surface area (Å²) >= 11 is 0. The van der Waals surface area contributed by atoms with Gasteiger partial charge in [-0.1, -0.05) is 25.1 Å². The third kappa shape index (κ3) is 6.82. The van der Waals surface area contributed by atoms with Crippen molar-refractivity contribution in [3.8, 4) is 5.75 Å². The van der Waals surface area contributed by atoms with E-state index in [0.717, 1.165) is 25.0 Å². The van der Waals surface area contributed by atoms with Gasteiger partial charge in [0, 0.05) is 12.5 Å². The van der Waals surface area contributed by atoms with Crippen LogP contribution in [0.3, 0.4) is 0 Å². The third-order valence-electron chi connectivity index (χ3n) is 2.94. The second-order valence-corrected chi connectivity index (χ2v) is 4.64. The van der Waals surface area contributed by atoms with Crippen LogP contribution in [0.4, 0.5) is 0 Å². The first kappa shape index (κ1) is 15.5. The smallest absolute Gasteiger partial charge is 0.222 e. The maximum atomic E-state index is 11.8. The monoisotopic (exact) mass is 264 g/mol. The Hall–Kier alpha value is -1.55. The summed E-state index contributed by atoms with van der Waals surface area (Å²) in [7, 11) is 0. The molecule has 0 aliphatic carbocycles. The van der Waals surface area contributed by atoms with Crippen LogP contribution in [0.2, 0.25) is 0 Å². The molecular weight excluding hydrogens is 240 g/mol. The van der Waals surface area contributed by atoms with Crippen LogP contribution < -0.4 is 15.8 Å². The summed E-state index contributed by atoms with van der Waals surface area (Å²) in [4.78, 5) is 11.8. The van der Waals surface area contributed by atoms with Gasteiger partial charge in [-0.25, -0.2) is 0 Å². The molecule has 1 aromatic carbocycles. The Labute approximate surface area is 115 Å². The molecule has 0 aliphatic heterocycles. The van der Waals surface area contributed by atoms with E-state index in [1.54, 1.807) is 0 Å². The molecule has 0 fully saturated rings. The molecule has 0 radical (unpaired) electrons. The van der Waals surface area contributed by atoms with Crippen LogP contribution in [0.5, 0.6) is 5.75 Å². The Morgan fingerprint density at radius 3 is 2.74 bits per heavy atom. The van der Waals surface area contributed by atoms with Crippen molar-refractivity contribution in [2.45, 2.75) is 26.2 Å². The van der Waals surface area contributed by atoms with Crippen molar-refractivity contribution < 1.29 is 9.53 Å². The van der Waals surface area contributed by atoms with E-state index in [-0.39, 0.29) is 11.8 Å². The van der Waals surface area contributed by atoms with Gasteiger partial charge in [0.1, 0.15) is 5.75 Å². The highest BCUT2D eigenvalue weighted by molar-refractivity contribution is 5.78. The normalized spacial score (nSPS) is 11.9. The van der Waals surface area contributed by atoms with Crippen molar-refractivity contribution >= 4 is 5.91 Å². The van der Waals surface area contributed by atoms with E-state index in [1.165, 1.54) is 0 Å². The number of hydrogen-bond donors (Lipinski definition) is 2. The zero-order valence-electron chi connectivity index (χ0n) is 11.6. The fraction of sp³-hybridized carbons (Fsp3) is 0.533. The zero-order chi connectivity index (χ0) is 13.9. The number of unbranched alkanes of at least 4 members (excludes halogenated alkanes) is 1. The molecule has 1 amide bonds. The quantitative estimate of drug-likeness (QED) is 0.670. The van der Waals surface area contributed by atoms with Gasteiger partial charge in [0.05, 0.1) is 6.61 Å². The molecule has 4 nitrogen and oxygen atoms in total. The van der Waals surface area contributed by atoms with E-state index < -0.39 is 0 Å². The van der Waals surface area contributed by atoms with Crippen LogP contribution in [0, 0.1) is 5.92 Å². The van der Waals surface area contributed by atoms with Crippen LogP contribution in [-0.4, -0.2) is 25.6 Å². The van der Waals surface area contributed by atoms with Crippen molar-refractivity contribution in [3.63, 3.8) is 0 Å². The molecule has 0 saturated carbocycles. The molecule has 1 aromatic rings. The molecular formula is C15H24N2O2. The largest absolute Gasteiger partial charge is 0.494 e. The summed E-state index contributed by atoms with van der Waals surface area (Å²) in [6.07, 6.45) is 2.61. The van der Waals surface area contributed by atoms with Crippen LogP contribution in [0.25, 0.3) is 0 Å². The minimum Gasteiger partial charge on any atom is -0.494 e. The number of nitrogens with two attached hydrogens (primary N) is 1. The summed E-state index contributed by atoms with van der Waals surface area (Å²) in [5.41, 5.74) is 5.40. The van der Waals surface area contributed by atoms with Gasteiger partial charge in [0.25, 0.3) is 0 Å². The summed E-state index contributed by atoms with van der Waals surface area (Å²) in [5.74, 6) is 0.910. The molecule has 1 atom stereocenters. The number of amides is 1. The van der Waals surface area contributed by atoms with E-state index in [2.05, 4.69) is 5.32 Å². The summed E-state index contributed by atoms with van der Waals surface area (Å²) in [5, 5.41) is 2.92. The number of hydrogen-bond acceptors (Lipinski definition) is 3. The molecule has 0 saturated heterocycles. The third-order valence-corrected chi connectivity index (χ3v) is 2.94. The average molecular weight is 264 g/mol. The predicted molar refractivity (Wildman–Crippen MR) is 77.0 cm³/mol. The summed E-state index contributed by atoms with van der Waals surface area (Å²) < 4.78 is 5.57. The van der Waals surface area contributed by atoms with Gasteiger partial charge in [0.15, 0.2) is 0 Å². The van der Waals surface area contributed by atoms with Crippen LogP contribution >= 0.6 is 0 Å². The highest BCUT2D eigenvalue weighted by Gasteiger charge is 2.11. The molecule has 0 aliphatic rings. The number of benzene rings is 1. The fourth-order valence-electron chi connectivity index (χ4n) is 1.66. The van der Waals surface area contributed by atoms with Gasteiger partial charge in [-0.2, -0.15) is 0 Å². The molecule has 0 bridgehead atoms. The first-order chi connectivity index (χ1) is 9.24. The van der Waals surface area contributed by atoms with E-state index in [9.17, 15) is 4.79 Å². The lowest BCUT2D eigenvalue weighted by Crippen LogP contribution is -2.31. The average Bonchev–Trinajstić information content (AvgIpc) is 2.44. The first-order valence-electron chi connectivity index (χ1n) is 6.89. The summed E-state index contributed by atoms with van der Waals surface area (Å²) in [6, 6.07) is 9.64. The van der Waals surface area contributed by atoms with Gasteiger partial charge >= 0.3 is 0 Å². The predicted octanol–water partition coefficient (Wildman–Crippen LogP) is 1.95. The fourth-order valence-corrected chi connectivity index (χ4v) is 1.66. The molecule has 19 heavy (non-hydrogen) atoms. The van der Waals surface area contributed by atoms with Crippen molar-refractivity contribution in [2.75, 3.05) is 19.7 Å². The molecule has 106 valence electrons. The van der Waals surface area contributed by atoms with E-state index in [4.69, 9.17) is 10.5 Å². The topological polar surface area (TPSA) is 64.3 Å². The zero-order valence-corrected chi connectivity index (χ0v) is 11.6. The maximum absolute atomic E-state index is 11.8. The Balaban J connectivity index is 2.12. The number of carbonyl (C=O) groups is 1. The van der Waals surface area contributed by atoms with E-state index in [1.807, 2.05) is 37.3 Å². The van der Waals surface area contributed by atoms with Gasteiger partial charge < -0.3 is 15.8 Å². The number of nitrogens with one attached hydrogen (secondary N) is 1. The minimum atomic E-state index is -0.0263. The standard InChI is InChI=1S/C15H24N2O2/c1-13(15(18)17-11-6-5-10-16)9-12-19-14-7-3-2-4-8-14/h2-4,7-8,13H,5-6,9-12,16H2,1H3,(H,17,18). The lowest BCUT2D eigenvalue weighted by molar-refractivity contribution is -0.124. The molecule has 1 rings (SSSR count). The van der Waals surface area contributed by atoms with Crippen LogP contribution in [-0.2, 0) is 4.79 Å². The lowest BCUT2D eigenvalue weighted by Gasteiger charge is -2.12. The Kier molecular flexibility index (Phi) is 7.66. The van der Waals surface area contributed by atoms with Gasteiger partial charge in [-0.05, 0) is 37.9 Å². The van der Waals surface area contributed by atoms with Crippen molar-refractivity contribution in [3.05, 3.63) is 30.3 Å². The SMILES string of the molecule is CC(CCOc1ccccc1)C(=O)NCCCCN. The second-order valence-electron chi connectivity index (χ2n) is 4.64. The van der Waals surface area contributed by atoms with Crippen LogP contribution in [0.1, 0.15) is 26.2 Å². The number of rotatable bonds is 9. The highest BCUT2D eigenvalue weighted by Crippen LogP contribution is 2.10. The molecule has 1 unspecified atom stereocenters. The minimum absolute atomic E-state index is 0.0263. The number of carbonyl (C=O) groups excluding carboxylic acids is 1. The molecule has 0 aromatic heterocycles. The maximum Gasteiger partial charge on any atom is 0.222 e. The van der Waals surface area contributed by atoms with Crippen molar-refractivity contribution in [1.29, 1.82) is 0 Å². The molecule has 4 heteroatoms. The van der Waals surface area contributed by atoms with Crippen molar-refractivity contribution in [2.24, 2.45) is 11.7 Å². The van der Waals surface area contributed by atoms with E-state index in [0.29, 0.717) is 19.7 Å². The molecule has 0 spiro atoms. The number of ether oxygens (including phenoxy) is 1. The highest BCUT2D eigenvalue weighted by atomic mass is 16.5. The second kappa shape index (κ2) is 9.39. The van der Waals surface area contributed by atoms with Crippen molar-refractivity contribution in [1.82, 2.24) is 5.32 Å². The van der Waals surface area contributed by atoms with Gasteiger partial charge in [0.2, 0.25) is 5.91 Å². The first-order valence-corrected chi connectivity index (χ1v) is 6.89. The van der Waals surface area contributed by atoms with Crippen LogP contribution in [0.15, 0.2) is 30.3 Å². The Morgan fingerprint density at radius 1 is 1.32 bits per heavy atom. The van der Waals surface area contributed by atoms with E-state index >= 15 is 0 Å². The molecule has 0 heterocycles. The summed E-state index contributed by atoms with van der Waals surface area (Å²) in [6.45, 7) is 3.87. The molecule has 3 N–H and O–H groups in total. The lowest BCUT2D eigenvalue weighted by atomic mass is 10.1. The van der Waals surface area contributed by atoms with Gasteiger partial charge in [-0.15, -0.1) is 0 Å².